The van der Waals surface area contributed by atoms with Gasteiger partial charge < -0.3 is 14.8 Å². The van der Waals surface area contributed by atoms with Crippen LogP contribution in [0.25, 0.3) is 0 Å². The number of amides is 1. The Morgan fingerprint density at radius 1 is 1.12 bits per heavy atom. The summed E-state index contributed by atoms with van der Waals surface area (Å²) in [4.78, 5) is 11.9. The molecule has 4 heteroatoms. The summed E-state index contributed by atoms with van der Waals surface area (Å²) in [7, 11) is 0. The van der Waals surface area contributed by atoms with Gasteiger partial charge in [-0.3, -0.25) is 4.79 Å². The van der Waals surface area contributed by atoms with Crippen LogP contribution in [-0.2, 0) is 11.2 Å². The summed E-state index contributed by atoms with van der Waals surface area (Å²) in [5.74, 6) is 4.00. The number of terminal acetylenes is 1. The van der Waals surface area contributed by atoms with Crippen LogP contribution in [0.1, 0.15) is 23.1 Å². The molecule has 0 atom stereocenters. The lowest BCUT2D eigenvalue weighted by atomic mass is 10.1. The van der Waals surface area contributed by atoms with E-state index < -0.39 is 0 Å². The second-order valence-electron chi connectivity index (χ2n) is 6.10. The van der Waals surface area contributed by atoms with E-state index in [0.29, 0.717) is 19.6 Å². The first-order chi connectivity index (χ1) is 12.6. The van der Waals surface area contributed by atoms with Crippen LogP contribution >= 0.6 is 0 Å². The highest BCUT2D eigenvalue weighted by molar-refractivity contribution is 5.76. The van der Waals surface area contributed by atoms with E-state index in [1.807, 2.05) is 50.2 Å². The molecule has 0 saturated heterocycles. The lowest BCUT2D eigenvalue weighted by molar-refractivity contribution is -0.121. The number of hydrogen-bond acceptors (Lipinski definition) is 3. The van der Waals surface area contributed by atoms with Gasteiger partial charge in [-0.2, -0.15) is 0 Å². The molecule has 0 aliphatic carbocycles. The topological polar surface area (TPSA) is 47.6 Å². The monoisotopic (exact) mass is 351 g/mol. The first-order valence-corrected chi connectivity index (χ1v) is 8.70. The number of nitrogens with one attached hydrogen (secondary N) is 1. The van der Waals surface area contributed by atoms with E-state index in [9.17, 15) is 4.79 Å². The van der Waals surface area contributed by atoms with E-state index in [4.69, 9.17) is 15.9 Å². The Morgan fingerprint density at radius 3 is 2.58 bits per heavy atom. The Morgan fingerprint density at radius 2 is 1.88 bits per heavy atom. The van der Waals surface area contributed by atoms with E-state index in [0.717, 1.165) is 29.0 Å². The largest absolute Gasteiger partial charge is 0.493 e. The lowest BCUT2D eigenvalue weighted by Crippen LogP contribution is -2.27. The molecule has 0 fully saturated rings. The van der Waals surface area contributed by atoms with Gasteiger partial charge in [0, 0.05) is 6.54 Å². The van der Waals surface area contributed by atoms with E-state index in [1.165, 1.54) is 5.56 Å². The molecule has 0 saturated carbocycles. The molecule has 2 rings (SSSR count). The molecule has 0 radical (unpaired) electrons. The summed E-state index contributed by atoms with van der Waals surface area (Å²) in [6, 6.07) is 13.7. The predicted octanol–water partition coefficient (Wildman–Crippen LogP) is 3.44. The third-order valence-corrected chi connectivity index (χ3v) is 3.90. The molecular weight excluding hydrogens is 326 g/mol. The minimum absolute atomic E-state index is 0.0104. The van der Waals surface area contributed by atoms with Gasteiger partial charge in [-0.15, -0.1) is 6.42 Å². The zero-order chi connectivity index (χ0) is 18.8. The van der Waals surface area contributed by atoms with Gasteiger partial charge in [0.05, 0.1) is 13.0 Å². The van der Waals surface area contributed by atoms with Crippen molar-refractivity contribution in [2.75, 3.05) is 19.8 Å². The first kappa shape index (κ1) is 19.4. The maximum Gasteiger partial charge on any atom is 0.223 e. The lowest BCUT2D eigenvalue weighted by Gasteiger charge is -2.10. The standard InChI is InChI=1S/C22H25NO3/c1-4-14-25-20-8-6-19(7-9-20)11-13-23-22(24)12-15-26-21-10-5-17(2)16-18(21)3/h1,5-10,16H,11-15H2,2-3H3,(H,23,24). The molecule has 4 nitrogen and oxygen atoms in total. The Labute approximate surface area is 155 Å². The van der Waals surface area contributed by atoms with Gasteiger partial charge in [0.2, 0.25) is 5.91 Å². The van der Waals surface area contributed by atoms with Crippen molar-refractivity contribution in [3.63, 3.8) is 0 Å². The van der Waals surface area contributed by atoms with Crippen molar-refractivity contribution in [1.29, 1.82) is 0 Å². The van der Waals surface area contributed by atoms with Crippen molar-refractivity contribution in [2.45, 2.75) is 26.7 Å². The zero-order valence-electron chi connectivity index (χ0n) is 15.4. The van der Waals surface area contributed by atoms with Crippen LogP contribution < -0.4 is 14.8 Å². The van der Waals surface area contributed by atoms with Crippen molar-refractivity contribution in [1.82, 2.24) is 5.32 Å². The molecule has 0 unspecified atom stereocenters. The maximum absolute atomic E-state index is 11.9. The number of benzene rings is 2. The van der Waals surface area contributed by atoms with E-state index >= 15 is 0 Å². The van der Waals surface area contributed by atoms with E-state index in [-0.39, 0.29) is 12.5 Å². The minimum Gasteiger partial charge on any atom is -0.493 e. The third-order valence-electron chi connectivity index (χ3n) is 3.90. The van der Waals surface area contributed by atoms with Crippen LogP contribution in [0.5, 0.6) is 11.5 Å². The molecule has 0 aliphatic heterocycles. The van der Waals surface area contributed by atoms with Gasteiger partial charge in [-0.25, -0.2) is 0 Å². The molecule has 0 spiro atoms. The number of aryl methyl sites for hydroxylation is 2. The fraction of sp³-hybridized carbons (Fsp3) is 0.318. The van der Waals surface area contributed by atoms with Crippen molar-refractivity contribution in [3.8, 4) is 23.8 Å². The fourth-order valence-corrected chi connectivity index (χ4v) is 2.53. The highest BCUT2D eigenvalue weighted by Gasteiger charge is 2.04. The van der Waals surface area contributed by atoms with Gasteiger partial charge in [0.25, 0.3) is 0 Å². The molecule has 2 aromatic rings. The van der Waals surface area contributed by atoms with Gasteiger partial charge in [0.15, 0.2) is 0 Å². The van der Waals surface area contributed by atoms with Gasteiger partial charge in [0.1, 0.15) is 18.1 Å². The summed E-state index contributed by atoms with van der Waals surface area (Å²) in [6.45, 7) is 5.27. The molecule has 0 aliphatic rings. The predicted molar refractivity (Wildman–Crippen MR) is 104 cm³/mol. The number of carbonyl (C=O) groups excluding carboxylic acids is 1. The average molecular weight is 351 g/mol. The number of rotatable bonds is 9. The maximum atomic E-state index is 11.9. The molecule has 0 aromatic heterocycles. The number of carbonyl (C=O) groups is 1. The minimum atomic E-state index is -0.0104. The van der Waals surface area contributed by atoms with Crippen LogP contribution in [0.4, 0.5) is 0 Å². The zero-order valence-corrected chi connectivity index (χ0v) is 15.4. The van der Waals surface area contributed by atoms with Crippen LogP contribution in [0.3, 0.4) is 0 Å². The van der Waals surface area contributed by atoms with Crippen LogP contribution in [0, 0.1) is 26.2 Å². The number of hydrogen-bond donors (Lipinski definition) is 1. The normalized spacial score (nSPS) is 10.0. The Balaban J connectivity index is 1.65. The molecule has 1 N–H and O–H groups in total. The summed E-state index contributed by atoms with van der Waals surface area (Å²) in [5, 5.41) is 2.91. The van der Waals surface area contributed by atoms with E-state index in [2.05, 4.69) is 17.3 Å². The van der Waals surface area contributed by atoms with Crippen molar-refractivity contribution < 1.29 is 14.3 Å². The summed E-state index contributed by atoms with van der Waals surface area (Å²) in [5.41, 5.74) is 3.41. The summed E-state index contributed by atoms with van der Waals surface area (Å²) < 4.78 is 11.0. The molecule has 0 bridgehead atoms. The fourth-order valence-electron chi connectivity index (χ4n) is 2.53. The van der Waals surface area contributed by atoms with Crippen molar-refractivity contribution in [3.05, 3.63) is 59.2 Å². The molecule has 1 amide bonds. The Kier molecular flexibility index (Phi) is 7.57. The first-order valence-electron chi connectivity index (χ1n) is 8.70. The average Bonchev–Trinajstić information content (AvgIpc) is 2.63. The number of ether oxygens (including phenoxy) is 2. The van der Waals surface area contributed by atoms with Crippen LogP contribution in [0.15, 0.2) is 42.5 Å². The van der Waals surface area contributed by atoms with Gasteiger partial charge in [-0.05, 0) is 49.6 Å². The Bertz CT molecular complexity index is 760. The molecule has 26 heavy (non-hydrogen) atoms. The highest BCUT2D eigenvalue weighted by Crippen LogP contribution is 2.18. The SMILES string of the molecule is C#CCOc1ccc(CCNC(=O)CCOc2ccc(C)cc2C)cc1. The molecule has 0 heterocycles. The summed E-state index contributed by atoms with van der Waals surface area (Å²) >= 11 is 0. The highest BCUT2D eigenvalue weighted by atomic mass is 16.5. The second-order valence-corrected chi connectivity index (χ2v) is 6.10. The van der Waals surface area contributed by atoms with Crippen molar-refractivity contribution >= 4 is 5.91 Å². The molecular formula is C22H25NO3. The van der Waals surface area contributed by atoms with E-state index in [1.54, 1.807) is 0 Å². The summed E-state index contributed by atoms with van der Waals surface area (Å²) in [6.07, 6.45) is 6.26. The smallest absolute Gasteiger partial charge is 0.223 e. The molecule has 136 valence electrons. The molecule has 2 aromatic carbocycles. The quantitative estimate of drug-likeness (QED) is 0.704. The van der Waals surface area contributed by atoms with Crippen molar-refractivity contribution in [2.24, 2.45) is 0 Å². The van der Waals surface area contributed by atoms with Crippen LogP contribution in [0.2, 0.25) is 0 Å². The van der Waals surface area contributed by atoms with Crippen LogP contribution in [-0.4, -0.2) is 25.7 Å². The Hall–Kier alpha value is -2.93. The second kappa shape index (κ2) is 10.1. The third kappa shape index (κ3) is 6.52. The van der Waals surface area contributed by atoms with Gasteiger partial charge in [-0.1, -0.05) is 35.7 Å². The van der Waals surface area contributed by atoms with Gasteiger partial charge >= 0.3 is 0 Å².